The van der Waals surface area contributed by atoms with Gasteiger partial charge >= 0.3 is 5.76 Å². The van der Waals surface area contributed by atoms with Crippen LogP contribution in [0.1, 0.15) is 11.1 Å². The van der Waals surface area contributed by atoms with Gasteiger partial charge in [-0.3, -0.25) is 0 Å². The van der Waals surface area contributed by atoms with Crippen molar-refractivity contribution in [3.8, 4) is 16.9 Å². The van der Waals surface area contributed by atoms with Crippen LogP contribution in [-0.4, -0.2) is 19.2 Å². The van der Waals surface area contributed by atoms with Crippen LogP contribution in [0.15, 0.2) is 50.7 Å². The van der Waals surface area contributed by atoms with Gasteiger partial charge in [0.2, 0.25) is 0 Å². The van der Waals surface area contributed by atoms with E-state index in [0.29, 0.717) is 11.8 Å². The Hall–Kier alpha value is -2.74. The zero-order chi connectivity index (χ0) is 19.2. The Balaban J connectivity index is 2.26. The molecule has 3 rings (SSSR count). The summed E-state index contributed by atoms with van der Waals surface area (Å²) in [5.74, 6) is -2.86. The number of nitrogens with zero attached hydrogens (tertiary/aromatic N) is 1. The van der Waals surface area contributed by atoms with Gasteiger partial charge in [0.1, 0.15) is 22.8 Å². The van der Waals surface area contributed by atoms with Crippen LogP contribution >= 0.6 is 0 Å². The first-order valence-electron chi connectivity index (χ1n) is 7.57. The van der Waals surface area contributed by atoms with Crippen molar-refractivity contribution >= 4 is 9.84 Å². The zero-order valence-electron chi connectivity index (χ0n) is 14.2. The number of rotatable bonds is 3. The fraction of sp³-hybridized carbons (Fsp3) is 0.167. The Morgan fingerprint density at radius 1 is 1.00 bits per heavy atom. The van der Waals surface area contributed by atoms with Crippen molar-refractivity contribution in [3.63, 3.8) is 0 Å². The van der Waals surface area contributed by atoms with Crippen LogP contribution in [0.2, 0.25) is 0 Å². The van der Waals surface area contributed by atoms with E-state index in [2.05, 4.69) is 0 Å². The average Bonchev–Trinajstić information content (AvgIpc) is 2.92. The second-order valence-electron chi connectivity index (χ2n) is 6.03. The molecule has 2 aromatic carbocycles. The minimum atomic E-state index is -3.93. The van der Waals surface area contributed by atoms with E-state index in [0.717, 1.165) is 34.3 Å². The zero-order valence-corrected chi connectivity index (χ0v) is 15.0. The highest BCUT2D eigenvalue weighted by Gasteiger charge is 2.22. The van der Waals surface area contributed by atoms with Gasteiger partial charge in [-0.05, 0) is 49.2 Å². The third kappa shape index (κ3) is 3.08. The van der Waals surface area contributed by atoms with Gasteiger partial charge in [0, 0.05) is 11.8 Å². The van der Waals surface area contributed by atoms with Gasteiger partial charge in [-0.1, -0.05) is 6.07 Å². The first kappa shape index (κ1) is 18.1. The van der Waals surface area contributed by atoms with Crippen molar-refractivity contribution in [1.29, 1.82) is 0 Å². The van der Waals surface area contributed by atoms with Gasteiger partial charge in [0.25, 0.3) is 0 Å². The molecular weight excluding hydrogens is 364 g/mol. The number of aromatic nitrogens is 1. The van der Waals surface area contributed by atoms with Crippen molar-refractivity contribution in [2.24, 2.45) is 0 Å². The molecule has 0 radical (unpaired) electrons. The first-order valence-corrected chi connectivity index (χ1v) is 9.46. The Kier molecular flexibility index (Phi) is 4.31. The quantitative estimate of drug-likeness (QED) is 0.699. The van der Waals surface area contributed by atoms with E-state index >= 15 is 0 Å². The highest BCUT2D eigenvalue weighted by molar-refractivity contribution is 7.90. The standard InChI is InChI=1S/C18H15F2NO4S/c1-10-4-5-12(6-11(10)2)21-16(9-25-18(21)22)13-7-15(20)17(8-14(13)19)26(3,23)24/h4-9H,1-3H3. The lowest BCUT2D eigenvalue weighted by atomic mass is 10.1. The SMILES string of the molecule is Cc1ccc(-n2c(-c3cc(F)c(S(C)(=O)=O)cc3F)coc2=O)cc1C. The van der Waals surface area contributed by atoms with Crippen molar-refractivity contribution in [2.75, 3.05) is 6.26 Å². The van der Waals surface area contributed by atoms with E-state index in [-0.39, 0.29) is 11.3 Å². The molecule has 0 saturated carbocycles. The molecule has 0 unspecified atom stereocenters. The molecule has 1 aromatic heterocycles. The number of hydrogen-bond donors (Lipinski definition) is 0. The lowest BCUT2D eigenvalue weighted by Gasteiger charge is -2.10. The molecule has 1 heterocycles. The fourth-order valence-electron chi connectivity index (χ4n) is 2.61. The topological polar surface area (TPSA) is 69.3 Å². The molecule has 3 aromatic rings. The van der Waals surface area contributed by atoms with Gasteiger partial charge in [0.15, 0.2) is 9.84 Å². The number of sulfone groups is 1. The Bertz CT molecular complexity index is 1180. The molecule has 0 atom stereocenters. The summed E-state index contributed by atoms with van der Waals surface area (Å²) in [5, 5.41) is 0. The lowest BCUT2D eigenvalue weighted by Crippen LogP contribution is -2.14. The van der Waals surface area contributed by atoms with E-state index in [1.807, 2.05) is 13.8 Å². The molecule has 0 aliphatic heterocycles. The van der Waals surface area contributed by atoms with Crippen molar-refractivity contribution in [2.45, 2.75) is 18.7 Å². The molecule has 0 aliphatic rings. The summed E-state index contributed by atoms with van der Waals surface area (Å²) in [4.78, 5) is 11.4. The maximum Gasteiger partial charge on any atom is 0.424 e. The molecule has 8 heteroatoms. The number of benzene rings is 2. The summed E-state index contributed by atoms with van der Waals surface area (Å²) in [7, 11) is -3.93. The summed E-state index contributed by atoms with van der Waals surface area (Å²) in [5.41, 5.74) is 2.03. The van der Waals surface area contributed by atoms with Crippen molar-refractivity contribution in [3.05, 3.63) is 69.9 Å². The fourth-order valence-corrected chi connectivity index (χ4v) is 3.34. The van der Waals surface area contributed by atoms with Gasteiger partial charge in [-0.15, -0.1) is 0 Å². The molecule has 0 bridgehead atoms. The normalized spacial score (nSPS) is 11.7. The third-order valence-electron chi connectivity index (χ3n) is 4.14. The summed E-state index contributed by atoms with van der Waals surface area (Å²) < 4.78 is 57.8. The summed E-state index contributed by atoms with van der Waals surface area (Å²) in [6, 6.07) is 6.50. The molecule has 0 amide bonds. The summed E-state index contributed by atoms with van der Waals surface area (Å²) in [6.45, 7) is 3.75. The van der Waals surface area contributed by atoms with E-state index in [1.165, 1.54) is 0 Å². The van der Waals surface area contributed by atoms with E-state index in [4.69, 9.17) is 4.42 Å². The van der Waals surface area contributed by atoms with Gasteiger partial charge in [-0.25, -0.2) is 26.6 Å². The van der Waals surface area contributed by atoms with Gasteiger partial charge in [0.05, 0.1) is 11.4 Å². The highest BCUT2D eigenvalue weighted by Crippen LogP contribution is 2.29. The minimum absolute atomic E-state index is 0.0188. The predicted octanol–water partition coefficient (Wildman–Crippen LogP) is 3.40. The Labute approximate surface area is 148 Å². The number of oxazole rings is 1. The van der Waals surface area contributed by atoms with E-state index < -0.39 is 32.1 Å². The summed E-state index contributed by atoms with van der Waals surface area (Å²) in [6.07, 6.45) is 1.79. The number of halogens is 2. The van der Waals surface area contributed by atoms with Crippen molar-refractivity contribution in [1.82, 2.24) is 4.57 Å². The largest absolute Gasteiger partial charge is 0.424 e. The average molecular weight is 379 g/mol. The Morgan fingerprint density at radius 2 is 1.69 bits per heavy atom. The molecule has 0 spiro atoms. The molecule has 0 N–H and O–H groups in total. The maximum absolute atomic E-state index is 14.5. The van der Waals surface area contributed by atoms with Crippen LogP contribution < -0.4 is 5.76 Å². The number of hydrogen-bond acceptors (Lipinski definition) is 4. The predicted molar refractivity (Wildman–Crippen MR) is 92.2 cm³/mol. The van der Waals surface area contributed by atoms with Gasteiger partial charge < -0.3 is 4.42 Å². The molecular formula is C18H15F2NO4S. The molecule has 26 heavy (non-hydrogen) atoms. The highest BCUT2D eigenvalue weighted by atomic mass is 32.2. The molecule has 5 nitrogen and oxygen atoms in total. The van der Waals surface area contributed by atoms with Crippen LogP contribution in [0.25, 0.3) is 16.9 Å². The molecule has 0 saturated heterocycles. The Morgan fingerprint density at radius 3 is 2.31 bits per heavy atom. The smallest absolute Gasteiger partial charge is 0.415 e. The monoisotopic (exact) mass is 379 g/mol. The molecule has 0 fully saturated rings. The molecule has 0 aliphatic carbocycles. The number of aryl methyl sites for hydroxylation is 2. The second-order valence-corrected chi connectivity index (χ2v) is 8.01. The second kappa shape index (κ2) is 6.21. The van der Waals surface area contributed by atoms with Crippen LogP contribution in [0.4, 0.5) is 8.78 Å². The third-order valence-corrected chi connectivity index (χ3v) is 5.25. The lowest BCUT2D eigenvalue weighted by molar-refractivity contribution is 0.504. The van der Waals surface area contributed by atoms with Crippen LogP contribution in [0, 0.1) is 25.5 Å². The molecule has 136 valence electrons. The van der Waals surface area contributed by atoms with E-state index in [9.17, 15) is 22.0 Å². The van der Waals surface area contributed by atoms with Crippen LogP contribution in [0.5, 0.6) is 0 Å². The van der Waals surface area contributed by atoms with Crippen LogP contribution in [0.3, 0.4) is 0 Å². The van der Waals surface area contributed by atoms with E-state index in [1.54, 1.807) is 18.2 Å². The summed E-state index contributed by atoms with van der Waals surface area (Å²) >= 11 is 0. The minimum Gasteiger partial charge on any atom is -0.415 e. The maximum atomic E-state index is 14.5. The first-order chi connectivity index (χ1) is 12.1. The van der Waals surface area contributed by atoms with Gasteiger partial charge in [-0.2, -0.15) is 0 Å². The van der Waals surface area contributed by atoms with Crippen molar-refractivity contribution < 1.29 is 21.6 Å². The van der Waals surface area contributed by atoms with Crippen LogP contribution in [-0.2, 0) is 9.84 Å².